The van der Waals surface area contributed by atoms with Gasteiger partial charge in [-0.2, -0.15) is 5.48 Å². The van der Waals surface area contributed by atoms with Gasteiger partial charge in [-0.15, -0.1) is 0 Å². The summed E-state index contributed by atoms with van der Waals surface area (Å²) in [5.74, 6) is 0.718. The van der Waals surface area contributed by atoms with Crippen molar-refractivity contribution in [2.24, 2.45) is 5.92 Å². The summed E-state index contributed by atoms with van der Waals surface area (Å²) in [5, 5.41) is 3.53. The third-order valence-electron chi connectivity index (χ3n) is 3.37. The molecule has 1 saturated heterocycles. The number of rotatable bonds is 5. The summed E-state index contributed by atoms with van der Waals surface area (Å²) in [5.41, 5.74) is 5.30. The minimum atomic E-state index is 0.718. The predicted octanol–water partition coefficient (Wildman–Crippen LogP) is 1.59. The highest BCUT2D eigenvalue weighted by Gasteiger charge is 2.14. The summed E-state index contributed by atoms with van der Waals surface area (Å²) >= 11 is 0. The van der Waals surface area contributed by atoms with Crippen LogP contribution in [0.4, 0.5) is 11.4 Å². The zero-order valence-electron chi connectivity index (χ0n) is 11.2. The van der Waals surface area contributed by atoms with E-state index in [9.17, 15) is 0 Å². The Morgan fingerprint density at radius 1 is 1.39 bits per heavy atom. The molecule has 0 saturated carbocycles. The van der Waals surface area contributed by atoms with Crippen molar-refractivity contribution in [1.82, 2.24) is 0 Å². The molecular formula is C14H23N2O2+. The van der Waals surface area contributed by atoms with E-state index in [1.807, 2.05) is 0 Å². The summed E-state index contributed by atoms with van der Waals surface area (Å²) in [7, 11) is 1.69. The quantitative estimate of drug-likeness (QED) is 0.617. The van der Waals surface area contributed by atoms with Crippen molar-refractivity contribution in [2.45, 2.75) is 19.8 Å². The molecule has 18 heavy (non-hydrogen) atoms. The normalized spacial score (nSPS) is 16.8. The van der Waals surface area contributed by atoms with Crippen molar-refractivity contribution in [3.8, 4) is 0 Å². The fraction of sp³-hybridized carbons (Fsp3) is 0.571. The van der Waals surface area contributed by atoms with E-state index in [1.54, 1.807) is 12.6 Å². The van der Waals surface area contributed by atoms with Gasteiger partial charge in [0.05, 0.1) is 12.8 Å². The van der Waals surface area contributed by atoms with E-state index >= 15 is 0 Å². The van der Waals surface area contributed by atoms with E-state index in [-0.39, 0.29) is 0 Å². The molecule has 1 heterocycles. The molecule has 3 N–H and O–H groups in total. The van der Waals surface area contributed by atoms with Gasteiger partial charge in [0.15, 0.2) is 5.69 Å². The molecule has 1 aromatic carbocycles. The Bertz CT molecular complexity index is 376. The van der Waals surface area contributed by atoms with Crippen molar-refractivity contribution in [2.75, 3.05) is 32.2 Å². The van der Waals surface area contributed by atoms with Crippen LogP contribution in [0.3, 0.4) is 0 Å². The molecule has 0 bridgehead atoms. The van der Waals surface area contributed by atoms with Crippen LogP contribution in [0.15, 0.2) is 18.2 Å². The average Bonchev–Trinajstić information content (AvgIpc) is 2.39. The molecule has 0 amide bonds. The predicted molar refractivity (Wildman–Crippen MR) is 71.8 cm³/mol. The number of quaternary nitrogens is 1. The molecule has 100 valence electrons. The number of ether oxygens (including phenoxy) is 1. The van der Waals surface area contributed by atoms with Gasteiger partial charge >= 0.3 is 0 Å². The van der Waals surface area contributed by atoms with Crippen molar-refractivity contribution in [3.05, 3.63) is 23.8 Å². The number of nitrogens with one attached hydrogen (secondary N) is 1. The van der Waals surface area contributed by atoms with Gasteiger partial charge in [-0.3, -0.25) is 0 Å². The molecule has 0 aliphatic carbocycles. The highest BCUT2D eigenvalue weighted by atomic mass is 16.6. The lowest BCUT2D eigenvalue weighted by Crippen LogP contribution is -2.76. The Kier molecular flexibility index (Phi) is 4.99. The van der Waals surface area contributed by atoms with Crippen LogP contribution in [-0.2, 0) is 9.57 Å². The monoisotopic (exact) mass is 251 g/mol. The van der Waals surface area contributed by atoms with Gasteiger partial charge in [0.2, 0.25) is 0 Å². The third-order valence-corrected chi connectivity index (χ3v) is 3.37. The molecule has 0 unspecified atom stereocenters. The van der Waals surface area contributed by atoms with Gasteiger partial charge in [-0.05, 0) is 37.3 Å². The summed E-state index contributed by atoms with van der Waals surface area (Å²) in [6.07, 6.45) is 2.31. The highest BCUT2D eigenvalue weighted by molar-refractivity contribution is 5.61. The number of anilines is 1. The number of aryl methyl sites for hydroxylation is 1. The third kappa shape index (κ3) is 3.70. The van der Waals surface area contributed by atoms with E-state index < -0.39 is 0 Å². The van der Waals surface area contributed by atoms with E-state index in [2.05, 4.69) is 30.4 Å². The largest absolute Gasteiger partial charge is 0.381 e. The molecule has 1 aliphatic rings. The van der Waals surface area contributed by atoms with E-state index in [1.165, 1.54) is 5.56 Å². The van der Waals surface area contributed by atoms with Gasteiger partial charge in [0, 0.05) is 25.8 Å². The molecule has 0 aromatic heterocycles. The zero-order valence-corrected chi connectivity index (χ0v) is 11.2. The maximum Gasteiger partial charge on any atom is 0.185 e. The number of hydrogen-bond acceptors (Lipinski definition) is 3. The van der Waals surface area contributed by atoms with Crippen molar-refractivity contribution < 1.29 is 15.1 Å². The second-order valence-electron chi connectivity index (χ2n) is 4.88. The maximum atomic E-state index is 5.38. The number of benzene rings is 1. The molecule has 1 fully saturated rings. The first-order valence-corrected chi connectivity index (χ1v) is 6.58. The molecule has 1 aliphatic heterocycles. The fourth-order valence-corrected chi connectivity index (χ4v) is 2.27. The molecule has 4 nitrogen and oxygen atoms in total. The smallest absolute Gasteiger partial charge is 0.185 e. The van der Waals surface area contributed by atoms with Crippen molar-refractivity contribution in [1.29, 1.82) is 0 Å². The van der Waals surface area contributed by atoms with Crippen LogP contribution in [0.25, 0.3) is 0 Å². The van der Waals surface area contributed by atoms with Gasteiger partial charge < -0.3 is 10.1 Å². The first-order chi connectivity index (χ1) is 8.79. The summed E-state index contributed by atoms with van der Waals surface area (Å²) < 4.78 is 5.38. The summed E-state index contributed by atoms with van der Waals surface area (Å²) in [6.45, 7) is 4.90. The van der Waals surface area contributed by atoms with Crippen LogP contribution in [0.2, 0.25) is 0 Å². The zero-order chi connectivity index (χ0) is 12.8. The molecular weight excluding hydrogens is 228 g/mol. The fourth-order valence-electron chi connectivity index (χ4n) is 2.27. The highest BCUT2D eigenvalue weighted by Crippen LogP contribution is 2.21. The first-order valence-electron chi connectivity index (χ1n) is 6.58. The van der Waals surface area contributed by atoms with Gasteiger partial charge in [-0.25, -0.2) is 4.84 Å². The van der Waals surface area contributed by atoms with Crippen molar-refractivity contribution >= 4 is 11.4 Å². The molecule has 0 atom stereocenters. The lowest BCUT2D eigenvalue weighted by molar-refractivity contribution is -0.829. The minimum Gasteiger partial charge on any atom is -0.381 e. The molecule has 1 aromatic rings. The molecule has 2 rings (SSSR count). The Labute approximate surface area is 109 Å². The van der Waals surface area contributed by atoms with Crippen LogP contribution < -0.4 is 10.8 Å². The van der Waals surface area contributed by atoms with E-state index in [4.69, 9.17) is 9.57 Å². The SMILES string of the molecule is CO[NH2+]c1cc(C)ccc1NCC1CCOCC1. The molecule has 4 heteroatoms. The van der Waals surface area contributed by atoms with Crippen molar-refractivity contribution in [3.63, 3.8) is 0 Å². The second kappa shape index (κ2) is 6.73. The maximum absolute atomic E-state index is 5.38. The van der Waals surface area contributed by atoms with Crippen LogP contribution in [0.1, 0.15) is 18.4 Å². The van der Waals surface area contributed by atoms with E-state index in [0.717, 1.165) is 49.9 Å². The van der Waals surface area contributed by atoms with Crippen LogP contribution in [0, 0.1) is 12.8 Å². The topological polar surface area (TPSA) is 47.1 Å². The minimum absolute atomic E-state index is 0.718. The van der Waals surface area contributed by atoms with E-state index in [0.29, 0.717) is 0 Å². The van der Waals surface area contributed by atoms with Crippen LogP contribution in [-0.4, -0.2) is 26.9 Å². The standard InChI is InChI=1S/C14H22N2O2/c1-11-3-4-13(14(9-11)16-17-2)15-10-12-5-7-18-8-6-12/h3-4,9,12,15-16H,5-8,10H2,1-2H3/p+1. The summed E-state index contributed by atoms with van der Waals surface area (Å²) in [6, 6.07) is 6.38. The summed E-state index contributed by atoms with van der Waals surface area (Å²) in [4.78, 5) is 5.13. The lowest BCUT2D eigenvalue weighted by Gasteiger charge is -2.22. The van der Waals surface area contributed by atoms with Gasteiger partial charge in [-0.1, -0.05) is 6.07 Å². The average molecular weight is 251 g/mol. The van der Waals surface area contributed by atoms with Crippen LogP contribution in [0.5, 0.6) is 0 Å². The number of nitrogens with two attached hydrogens (primary N) is 1. The Hall–Kier alpha value is -1.10. The first kappa shape index (κ1) is 13.3. The lowest BCUT2D eigenvalue weighted by atomic mass is 10.0. The molecule has 0 spiro atoms. The van der Waals surface area contributed by atoms with Gasteiger partial charge in [0.1, 0.15) is 0 Å². The second-order valence-corrected chi connectivity index (χ2v) is 4.88. The number of hydrogen-bond donors (Lipinski definition) is 2. The Morgan fingerprint density at radius 3 is 2.89 bits per heavy atom. The Balaban J connectivity index is 1.94. The van der Waals surface area contributed by atoms with Gasteiger partial charge in [0.25, 0.3) is 0 Å². The van der Waals surface area contributed by atoms with Crippen LogP contribution >= 0.6 is 0 Å². The Morgan fingerprint density at radius 2 is 2.17 bits per heavy atom. The molecule has 0 radical (unpaired) electrons.